The standard InChI is InChI=1S/C21H42O4/c1-2-3-4-5-6-7-8-9-10-11-12-13-14-15-16-21(24)17-20(23)25-19(21)18-22/h19-20,22-24H,2-18H2,1H3/t19-,20?,21-/m1/s1. The molecule has 1 heterocycles. The fourth-order valence-corrected chi connectivity index (χ4v) is 3.90. The summed E-state index contributed by atoms with van der Waals surface area (Å²) in [6.45, 7) is 2.04. The zero-order chi connectivity index (χ0) is 18.4. The normalized spacial score (nSPS) is 26.4. The number of hydrogen-bond acceptors (Lipinski definition) is 4. The molecular formula is C21H42O4. The van der Waals surface area contributed by atoms with Crippen LogP contribution in [0.3, 0.4) is 0 Å². The molecule has 1 aliphatic heterocycles. The minimum Gasteiger partial charge on any atom is -0.394 e. The van der Waals surface area contributed by atoms with Crippen molar-refractivity contribution >= 4 is 0 Å². The first-order valence-corrected chi connectivity index (χ1v) is 10.8. The molecule has 25 heavy (non-hydrogen) atoms. The lowest BCUT2D eigenvalue weighted by Gasteiger charge is -2.26. The first kappa shape index (κ1) is 22.9. The third kappa shape index (κ3) is 9.93. The van der Waals surface area contributed by atoms with Gasteiger partial charge in [-0.2, -0.15) is 0 Å². The van der Waals surface area contributed by atoms with Gasteiger partial charge in [-0.1, -0.05) is 96.8 Å². The van der Waals surface area contributed by atoms with Gasteiger partial charge in [-0.3, -0.25) is 0 Å². The number of rotatable bonds is 16. The van der Waals surface area contributed by atoms with Gasteiger partial charge in [-0.25, -0.2) is 0 Å². The van der Waals surface area contributed by atoms with E-state index < -0.39 is 18.0 Å². The Kier molecular flexibility index (Phi) is 12.8. The second-order valence-electron chi connectivity index (χ2n) is 7.92. The Bertz CT molecular complexity index is 310. The first-order chi connectivity index (χ1) is 12.1. The summed E-state index contributed by atoms with van der Waals surface area (Å²) < 4.78 is 5.15. The smallest absolute Gasteiger partial charge is 0.158 e. The van der Waals surface area contributed by atoms with Crippen molar-refractivity contribution in [2.75, 3.05) is 6.61 Å². The molecule has 1 rings (SSSR count). The Morgan fingerprint density at radius 1 is 0.800 bits per heavy atom. The van der Waals surface area contributed by atoms with Gasteiger partial charge >= 0.3 is 0 Å². The highest BCUT2D eigenvalue weighted by Gasteiger charge is 2.45. The Morgan fingerprint density at radius 3 is 1.68 bits per heavy atom. The van der Waals surface area contributed by atoms with Gasteiger partial charge in [-0.05, 0) is 6.42 Å². The Balaban J connectivity index is 1.86. The average Bonchev–Trinajstić information content (AvgIpc) is 2.89. The van der Waals surface area contributed by atoms with Crippen LogP contribution in [0.1, 0.15) is 110 Å². The summed E-state index contributed by atoms with van der Waals surface area (Å²) in [5.74, 6) is 0. The second-order valence-corrected chi connectivity index (χ2v) is 7.92. The van der Waals surface area contributed by atoms with E-state index in [0.29, 0.717) is 6.42 Å². The summed E-state index contributed by atoms with van der Waals surface area (Å²) in [5, 5.41) is 29.2. The summed E-state index contributed by atoms with van der Waals surface area (Å²) in [6.07, 6.45) is 17.6. The Hall–Kier alpha value is -0.160. The van der Waals surface area contributed by atoms with E-state index in [2.05, 4.69) is 6.92 Å². The fourth-order valence-electron chi connectivity index (χ4n) is 3.90. The van der Waals surface area contributed by atoms with Crippen LogP contribution in [0.25, 0.3) is 0 Å². The van der Waals surface area contributed by atoms with Crippen molar-refractivity contribution in [3.63, 3.8) is 0 Å². The van der Waals surface area contributed by atoms with Crippen molar-refractivity contribution in [3.8, 4) is 0 Å². The number of hydrogen-bond donors (Lipinski definition) is 3. The lowest BCUT2D eigenvalue weighted by molar-refractivity contribution is -0.121. The molecule has 1 saturated heterocycles. The molecule has 0 aromatic carbocycles. The van der Waals surface area contributed by atoms with E-state index >= 15 is 0 Å². The van der Waals surface area contributed by atoms with Crippen molar-refractivity contribution in [3.05, 3.63) is 0 Å². The van der Waals surface area contributed by atoms with Crippen LogP contribution >= 0.6 is 0 Å². The fraction of sp³-hybridized carbons (Fsp3) is 1.00. The molecule has 0 amide bonds. The molecular weight excluding hydrogens is 316 g/mol. The van der Waals surface area contributed by atoms with Crippen molar-refractivity contribution in [1.29, 1.82) is 0 Å². The topological polar surface area (TPSA) is 69.9 Å². The van der Waals surface area contributed by atoms with Gasteiger partial charge in [0.25, 0.3) is 0 Å². The molecule has 0 radical (unpaired) electrons. The first-order valence-electron chi connectivity index (χ1n) is 10.8. The predicted molar refractivity (Wildman–Crippen MR) is 102 cm³/mol. The van der Waals surface area contributed by atoms with E-state index in [1.54, 1.807) is 0 Å². The van der Waals surface area contributed by atoms with Crippen LogP contribution in [-0.4, -0.2) is 39.9 Å². The van der Waals surface area contributed by atoms with Crippen LogP contribution < -0.4 is 0 Å². The van der Waals surface area contributed by atoms with Crippen molar-refractivity contribution in [2.24, 2.45) is 0 Å². The van der Waals surface area contributed by atoms with Crippen LogP contribution in [0.15, 0.2) is 0 Å². The minimum atomic E-state index is -1.05. The van der Waals surface area contributed by atoms with Crippen molar-refractivity contribution < 1.29 is 20.1 Å². The third-order valence-electron chi connectivity index (χ3n) is 5.58. The quantitative estimate of drug-likeness (QED) is 0.350. The highest BCUT2D eigenvalue weighted by Crippen LogP contribution is 2.34. The lowest BCUT2D eigenvalue weighted by Crippen LogP contribution is -2.40. The average molecular weight is 359 g/mol. The van der Waals surface area contributed by atoms with Gasteiger partial charge < -0.3 is 20.1 Å². The van der Waals surface area contributed by atoms with Gasteiger partial charge in [-0.15, -0.1) is 0 Å². The Morgan fingerprint density at radius 2 is 1.24 bits per heavy atom. The highest BCUT2D eigenvalue weighted by molar-refractivity contribution is 4.93. The maximum Gasteiger partial charge on any atom is 0.158 e. The third-order valence-corrected chi connectivity index (χ3v) is 5.58. The number of aliphatic hydroxyl groups excluding tert-OH is 2. The molecule has 1 unspecified atom stereocenters. The maximum atomic E-state index is 10.5. The zero-order valence-corrected chi connectivity index (χ0v) is 16.4. The van der Waals surface area contributed by atoms with Crippen molar-refractivity contribution in [1.82, 2.24) is 0 Å². The van der Waals surface area contributed by atoms with Crippen LogP contribution in [0, 0.1) is 0 Å². The Labute approximate surface area is 155 Å². The van der Waals surface area contributed by atoms with E-state index in [4.69, 9.17) is 4.74 Å². The van der Waals surface area contributed by atoms with Crippen molar-refractivity contribution in [2.45, 2.75) is 128 Å². The van der Waals surface area contributed by atoms with E-state index in [1.165, 1.54) is 77.0 Å². The summed E-state index contributed by atoms with van der Waals surface area (Å²) in [6, 6.07) is 0. The second kappa shape index (κ2) is 14.0. The largest absolute Gasteiger partial charge is 0.394 e. The number of aliphatic hydroxyl groups is 3. The zero-order valence-electron chi connectivity index (χ0n) is 16.4. The highest BCUT2D eigenvalue weighted by atomic mass is 16.6. The lowest BCUT2D eigenvalue weighted by atomic mass is 9.89. The molecule has 1 fully saturated rings. The number of ether oxygens (including phenoxy) is 1. The molecule has 4 nitrogen and oxygen atoms in total. The van der Waals surface area contributed by atoms with E-state index in [9.17, 15) is 15.3 Å². The SMILES string of the molecule is CCCCCCCCCCCCCCCC[C@@]1(O)CC(O)O[C@@H]1CO. The summed E-state index contributed by atoms with van der Waals surface area (Å²) in [4.78, 5) is 0. The molecule has 1 aliphatic rings. The van der Waals surface area contributed by atoms with Gasteiger partial charge in [0, 0.05) is 6.42 Å². The predicted octanol–water partition coefficient (Wildman–Crippen LogP) is 4.69. The van der Waals surface area contributed by atoms with Gasteiger partial charge in [0.05, 0.1) is 12.2 Å². The molecule has 0 spiro atoms. The van der Waals surface area contributed by atoms with E-state index in [0.717, 1.165) is 12.8 Å². The summed E-state index contributed by atoms with van der Waals surface area (Å²) in [7, 11) is 0. The van der Waals surface area contributed by atoms with Gasteiger partial charge in [0.1, 0.15) is 6.10 Å². The molecule has 4 heteroatoms. The van der Waals surface area contributed by atoms with Crippen LogP contribution in [-0.2, 0) is 4.74 Å². The van der Waals surface area contributed by atoms with E-state index in [-0.39, 0.29) is 13.0 Å². The van der Waals surface area contributed by atoms with Gasteiger partial charge in [0.2, 0.25) is 0 Å². The monoisotopic (exact) mass is 358 g/mol. The molecule has 3 atom stereocenters. The van der Waals surface area contributed by atoms with Crippen LogP contribution in [0.4, 0.5) is 0 Å². The molecule has 0 saturated carbocycles. The molecule has 0 aliphatic carbocycles. The molecule has 0 aromatic heterocycles. The van der Waals surface area contributed by atoms with Gasteiger partial charge in [0.15, 0.2) is 6.29 Å². The summed E-state index contributed by atoms with van der Waals surface area (Å²) in [5.41, 5.74) is -1.05. The molecule has 0 aromatic rings. The number of unbranched alkanes of at least 4 members (excludes halogenated alkanes) is 13. The molecule has 150 valence electrons. The minimum absolute atomic E-state index is 0.219. The molecule has 0 bridgehead atoms. The summed E-state index contributed by atoms with van der Waals surface area (Å²) >= 11 is 0. The van der Waals surface area contributed by atoms with Crippen LogP contribution in [0.2, 0.25) is 0 Å². The molecule has 3 N–H and O–H groups in total. The van der Waals surface area contributed by atoms with E-state index in [1.807, 2.05) is 0 Å². The van der Waals surface area contributed by atoms with Crippen LogP contribution in [0.5, 0.6) is 0 Å². The maximum absolute atomic E-state index is 10.5.